The van der Waals surface area contributed by atoms with Crippen LogP contribution in [0.4, 0.5) is 4.79 Å². The van der Waals surface area contributed by atoms with Crippen LogP contribution in [-0.2, 0) is 14.3 Å². The number of hydrogen-bond donors (Lipinski definition) is 3. The molecule has 0 saturated heterocycles. The molecule has 0 unspecified atom stereocenters. The summed E-state index contributed by atoms with van der Waals surface area (Å²) in [4.78, 5) is 36.9. The molecule has 0 radical (unpaired) electrons. The van der Waals surface area contributed by atoms with Gasteiger partial charge in [0.2, 0.25) is 0 Å². The molecule has 11 nitrogen and oxygen atoms in total. The van der Waals surface area contributed by atoms with Gasteiger partial charge < -0.3 is 29.6 Å². The lowest BCUT2D eigenvalue weighted by atomic mass is 9.95. The molecule has 0 bridgehead atoms. The molecule has 3 N–H and O–H groups in total. The highest BCUT2D eigenvalue weighted by molar-refractivity contribution is 14.1. The van der Waals surface area contributed by atoms with E-state index in [1.54, 1.807) is 32.0 Å². The first-order valence-electron chi connectivity index (χ1n) is 11.8. The van der Waals surface area contributed by atoms with Crippen molar-refractivity contribution in [1.82, 2.24) is 16.1 Å². The molecule has 1 atom stereocenters. The van der Waals surface area contributed by atoms with Crippen molar-refractivity contribution in [3.05, 3.63) is 62.4 Å². The third-order valence-electron chi connectivity index (χ3n) is 5.30. The van der Waals surface area contributed by atoms with Gasteiger partial charge in [0.05, 0.1) is 41.7 Å². The van der Waals surface area contributed by atoms with Crippen LogP contribution < -0.4 is 30.3 Å². The van der Waals surface area contributed by atoms with Gasteiger partial charge in [-0.2, -0.15) is 5.10 Å². The molecule has 2 aromatic carbocycles. The largest absolute Gasteiger partial charge is 0.493 e. The Morgan fingerprint density at radius 3 is 2.53 bits per heavy atom. The maximum atomic E-state index is 12.5. The molecule has 0 spiro atoms. The maximum absolute atomic E-state index is 12.5. The van der Waals surface area contributed by atoms with E-state index < -0.39 is 23.9 Å². The molecule has 0 aliphatic carbocycles. The Labute approximate surface area is 234 Å². The van der Waals surface area contributed by atoms with Crippen molar-refractivity contribution in [3.63, 3.8) is 0 Å². The van der Waals surface area contributed by atoms with Gasteiger partial charge in [-0.3, -0.25) is 4.79 Å². The molecule has 0 fully saturated rings. The van der Waals surface area contributed by atoms with Gasteiger partial charge >= 0.3 is 12.0 Å². The van der Waals surface area contributed by atoms with Gasteiger partial charge in [-0.1, -0.05) is 6.07 Å². The number of amides is 3. The first kappa shape index (κ1) is 28.8. The smallest absolute Gasteiger partial charge is 0.338 e. The second kappa shape index (κ2) is 13.7. The van der Waals surface area contributed by atoms with E-state index in [1.807, 2.05) is 25.1 Å². The minimum atomic E-state index is -0.756. The first-order chi connectivity index (χ1) is 18.3. The molecular weight excluding hydrogens is 607 g/mol. The Morgan fingerprint density at radius 1 is 1.08 bits per heavy atom. The van der Waals surface area contributed by atoms with Crippen LogP contribution in [0.2, 0.25) is 0 Å². The summed E-state index contributed by atoms with van der Waals surface area (Å²) in [6.45, 7) is 5.70. The summed E-state index contributed by atoms with van der Waals surface area (Å²) in [5.41, 5.74) is 4.47. The zero-order valence-electron chi connectivity index (χ0n) is 21.4. The summed E-state index contributed by atoms with van der Waals surface area (Å²) >= 11 is 2.17. The number of carbonyl (C=O) groups is 3. The summed E-state index contributed by atoms with van der Waals surface area (Å²) in [5, 5.41) is 9.29. The van der Waals surface area contributed by atoms with Crippen molar-refractivity contribution in [2.75, 3.05) is 26.9 Å². The fourth-order valence-corrected chi connectivity index (χ4v) is 4.33. The number of rotatable bonds is 11. The zero-order valence-corrected chi connectivity index (χ0v) is 23.6. The SMILES string of the molecule is CCOC(=O)C1=C(C)NC(=O)N[C@H]1c1ccc(OCC(=O)N/N=C\c2ccc(OCC)c(I)c2)c(OC)c1. The number of ether oxygens (including phenoxy) is 4. The summed E-state index contributed by atoms with van der Waals surface area (Å²) < 4.78 is 22.6. The van der Waals surface area contributed by atoms with E-state index in [-0.39, 0.29) is 18.8 Å². The Bertz CT molecular complexity index is 1260. The van der Waals surface area contributed by atoms with Crippen LogP contribution in [0.1, 0.15) is 37.9 Å². The topological polar surface area (TPSA) is 137 Å². The number of nitrogens with zero attached hydrogens (tertiary/aromatic N) is 1. The summed E-state index contributed by atoms with van der Waals surface area (Å²) in [7, 11) is 1.45. The van der Waals surface area contributed by atoms with E-state index in [0.29, 0.717) is 29.4 Å². The second-order valence-electron chi connectivity index (χ2n) is 7.91. The van der Waals surface area contributed by atoms with Crippen molar-refractivity contribution in [3.8, 4) is 17.2 Å². The molecule has 0 aromatic heterocycles. The number of benzene rings is 2. The van der Waals surface area contributed by atoms with E-state index in [9.17, 15) is 14.4 Å². The number of esters is 1. The van der Waals surface area contributed by atoms with Crippen LogP contribution in [0, 0.1) is 3.57 Å². The molecular formula is C26H29IN4O7. The summed E-state index contributed by atoms with van der Waals surface area (Å²) in [6.07, 6.45) is 1.52. The predicted molar refractivity (Wildman–Crippen MR) is 148 cm³/mol. The van der Waals surface area contributed by atoms with Crippen molar-refractivity contribution < 1.29 is 33.3 Å². The predicted octanol–water partition coefficient (Wildman–Crippen LogP) is 3.42. The standard InChI is InChI=1S/C26H29IN4O7/c1-5-36-19-9-7-16(11-18(19)27)13-28-31-22(32)14-38-20-10-8-17(12-21(20)35-4)24-23(25(33)37-6-2)15(3)29-26(34)30-24/h7-13,24H,5-6,14H2,1-4H3,(H,31,32)(H2,29,30,34)/b28-13-/t24-/m0/s1. The van der Waals surface area contributed by atoms with Gasteiger partial charge in [0.1, 0.15) is 5.75 Å². The first-order valence-corrected chi connectivity index (χ1v) is 12.9. The minimum absolute atomic E-state index is 0.192. The van der Waals surface area contributed by atoms with Crippen molar-refractivity contribution in [2.24, 2.45) is 5.10 Å². The highest BCUT2D eigenvalue weighted by Crippen LogP contribution is 2.34. The van der Waals surface area contributed by atoms with Crippen LogP contribution in [-0.4, -0.2) is 51.1 Å². The number of methoxy groups -OCH3 is 1. The maximum Gasteiger partial charge on any atom is 0.338 e. The number of carbonyl (C=O) groups excluding carboxylic acids is 3. The molecule has 1 heterocycles. The number of hydrogen-bond acceptors (Lipinski definition) is 8. The molecule has 2 aromatic rings. The van der Waals surface area contributed by atoms with E-state index in [1.165, 1.54) is 13.3 Å². The van der Waals surface area contributed by atoms with Crippen LogP contribution in [0.15, 0.2) is 52.8 Å². The van der Waals surface area contributed by atoms with Gasteiger partial charge in [-0.15, -0.1) is 0 Å². The number of allylic oxidation sites excluding steroid dienone is 1. The Kier molecular flexibility index (Phi) is 10.3. The molecule has 38 heavy (non-hydrogen) atoms. The molecule has 3 rings (SSSR count). The van der Waals surface area contributed by atoms with E-state index in [0.717, 1.165) is 14.9 Å². The van der Waals surface area contributed by atoms with Gasteiger partial charge in [0, 0.05) is 5.70 Å². The normalized spacial score (nSPS) is 15.0. The lowest BCUT2D eigenvalue weighted by Crippen LogP contribution is -2.45. The number of urea groups is 1. The molecule has 1 aliphatic heterocycles. The van der Waals surface area contributed by atoms with Crippen LogP contribution in [0.5, 0.6) is 17.2 Å². The quantitative estimate of drug-likeness (QED) is 0.149. The molecule has 202 valence electrons. The molecule has 0 saturated carbocycles. The molecule has 3 amide bonds. The van der Waals surface area contributed by atoms with Crippen molar-refractivity contribution in [2.45, 2.75) is 26.8 Å². The third-order valence-corrected chi connectivity index (χ3v) is 6.15. The van der Waals surface area contributed by atoms with Gasteiger partial charge in [-0.25, -0.2) is 15.0 Å². The zero-order chi connectivity index (χ0) is 27.7. The van der Waals surface area contributed by atoms with Gasteiger partial charge in [-0.05, 0) is 84.8 Å². The lowest BCUT2D eigenvalue weighted by molar-refractivity contribution is -0.139. The molecule has 12 heteroatoms. The molecule has 1 aliphatic rings. The fraction of sp³-hybridized carbons (Fsp3) is 0.308. The number of nitrogens with one attached hydrogen (secondary N) is 3. The fourth-order valence-electron chi connectivity index (χ4n) is 3.63. The van der Waals surface area contributed by atoms with Crippen LogP contribution >= 0.6 is 22.6 Å². The minimum Gasteiger partial charge on any atom is -0.493 e. The van der Waals surface area contributed by atoms with E-state index >= 15 is 0 Å². The average Bonchev–Trinajstić information content (AvgIpc) is 2.88. The Hall–Kier alpha value is -3.81. The highest BCUT2D eigenvalue weighted by atomic mass is 127. The van der Waals surface area contributed by atoms with Crippen molar-refractivity contribution in [1.29, 1.82) is 0 Å². The highest BCUT2D eigenvalue weighted by Gasteiger charge is 2.32. The third kappa shape index (κ3) is 7.37. The lowest BCUT2D eigenvalue weighted by Gasteiger charge is -2.28. The average molecular weight is 636 g/mol. The summed E-state index contributed by atoms with van der Waals surface area (Å²) in [6, 6.07) is 9.26. The second-order valence-corrected chi connectivity index (χ2v) is 9.07. The van der Waals surface area contributed by atoms with E-state index in [4.69, 9.17) is 18.9 Å². The monoisotopic (exact) mass is 636 g/mol. The summed E-state index contributed by atoms with van der Waals surface area (Å²) in [5.74, 6) is 0.390. The Morgan fingerprint density at radius 2 is 1.84 bits per heavy atom. The van der Waals surface area contributed by atoms with Crippen LogP contribution in [0.3, 0.4) is 0 Å². The van der Waals surface area contributed by atoms with Gasteiger partial charge in [0.15, 0.2) is 18.1 Å². The number of hydrazone groups is 1. The van der Waals surface area contributed by atoms with E-state index in [2.05, 4.69) is 43.8 Å². The van der Waals surface area contributed by atoms with Gasteiger partial charge in [0.25, 0.3) is 5.91 Å². The van der Waals surface area contributed by atoms with Crippen molar-refractivity contribution >= 4 is 46.7 Å². The van der Waals surface area contributed by atoms with Crippen LogP contribution in [0.25, 0.3) is 0 Å². The number of halogens is 1. The Balaban J connectivity index is 1.66.